The van der Waals surface area contributed by atoms with Crippen molar-refractivity contribution in [2.24, 2.45) is 4.99 Å². The van der Waals surface area contributed by atoms with Gasteiger partial charge >= 0.3 is 5.97 Å². The van der Waals surface area contributed by atoms with E-state index < -0.39 is 18.1 Å². The molecule has 2 aromatic heterocycles. The molecule has 0 aliphatic carbocycles. The van der Waals surface area contributed by atoms with Crippen LogP contribution in [0.5, 0.6) is 0 Å². The number of hydrogen-bond acceptors (Lipinski definition) is 8. The van der Waals surface area contributed by atoms with Gasteiger partial charge in [0, 0.05) is 26.6 Å². The number of carbonyl (C=O) groups is 2. The van der Waals surface area contributed by atoms with Crippen LogP contribution in [-0.2, 0) is 9.53 Å². The molecule has 0 spiro atoms. The Kier molecular flexibility index (Phi) is 8.26. The van der Waals surface area contributed by atoms with Crippen LogP contribution in [0, 0.1) is 20.8 Å². The SMILES string of the molecule is Cc1sc2c(c1C)C(c1ccc(Cl)cc1)=N[C@H](CC(=O)O[C@@H](C)c1ccc(C(=O)Nc3ccccc3N)cc1)c1nnc(C)n1-2. The van der Waals surface area contributed by atoms with Crippen molar-refractivity contribution in [3.8, 4) is 5.00 Å². The maximum absolute atomic E-state index is 13.4. The molecule has 1 amide bonds. The molecule has 0 bridgehead atoms. The quantitative estimate of drug-likeness (QED) is 0.142. The number of thiophene rings is 1. The van der Waals surface area contributed by atoms with E-state index in [1.165, 1.54) is 4.88 Å². The van der Waals surface area contributed by atoms with Crippen LogP contribution < -0.4 is 11.1 Å². The third-order valence-electron chi connectivity index (χ3n) is 7.88. The Labute approximate surface area is 269 Å². The van der Waals surface area contributed by atoms with Crippen LogP contribution in [-0.4, -0.2) is 32.4 Å². The van der Waals surface area contributed by atoms with Crippen molar-refractivity contribution in [1.29, 1.82) is 0 Å². The molecule has 0 saturated heterocycles. The van der Waals surface area contributed by atoms with Crippen LogP contribution in [0.1, 0.15) is 74.6 Å². The number of nitrogens with one attached hydrogen (secondary N) is 1. The third kappa shape index (κ3) is 5.99. The van der Waals surface area contributed by atoms with Crippen LogP contribution >= 0.6 is 22.9 Å². The average Bonchev–Trinajstić information content (AvgIpc) is 3.50. The van der Waals surface area contributed by atoms with Crippen LogP contribution in [0.2, 0.25) is 5.02 Å². The lowest BCUT2D eigenvalue weighted by Crippen LogP contribution is -2.15. The number of halogens is 1. The predicted molar refractivity (Wildman–Crippen MR) is 178 cm³/mol. The molecule has 9 nitrogen and oxygen atoms in total. The Balaban J connectivity index is 1.23. The van der Waals surface area contributed by atoms with Gasteiger partial charge in [-0.1, -0.05) is 48.0 Å². The highest BCUT2D eigenvalue weighted by Gasteiger charge is 2.33. The number of carbonyl (C=O) groups excluding carboxylic acids is 2. The molecule has 11 heteroatoms. The van der Waals surface area contributed by atoms with E-state index in [4.69, 9.17) is 27.1 Å². The van der Waals surface area contributed by atoms with E-state index in [0.29, 0.717) is 33.6 Å². The van der Waals surface area contributed by atoms with Crippen LogP contribution in [0.25, 0.3) is 5.00 Å². The maximum Gasteiger partial charge on any atom is 0.309 e. The number of benzene rings is 3. The van der Waals surface area contributed by atoms with Crippen molar-refractivity contribution < 1.29 is 14.3 Å². The Morgan fingerprint density at radius 1 is 1.02 bits per heavy atom. The van der Waals surface area contributed by atoms with Crippen molar-refractivity contribution in [3.63, 3.8) is 0 Å². The molecule has 6 rings (SSSR count). The first-order valence-electron chi connectivity index (χ1n) is 14.4. The number of rotatable bonds is 7. The van der Waals surface area contributed by atoms with Crippen molar-refractivity contribution in [2.45, 2.75) is 46.3 Å². The molecule has 0 saturated carbocycles. The summed E-state index contributed by atoms with van der Waals surface area (Å²) in [6, 6.07) is 20.9. The van der Waals surface area contributed by atoms with Crippen molar-refractivity contribution in [1.82, 2.24) is 14.8 Å². The minimum absolute atomic E-state index is 0.0362. The summed E-state index contributed by atoms with van der Waals surface area (Å²) in [5.41, 5.74) is 11.9. The number of esters is 1. The van der Waals surface area contributed by atoms with Gasteiger partial charge in [0.15, 0.2) is 5.82 Å². The Hall–Kier alpha value is -4.80. The Morgan fingerprint density at radius 3 is 2.44 bits per heavy atom. The fourth-order valence-electron chi connectivity index (χ4n) is 5.31. The first-order chi connectivity index (χ1) is 21.6. The fraction of sp³-hybridized carbons (Fsp3) is 0.206. The number of para-hydroxylation sites is 2. The lowest BCUT2D eigenvalue weighted by molar-refractivity contribution is -0.149. The van der Waals surface area contributed by atoms with E-state index in [9.17, 15) is 9.59 Å². The summed E-state index contributed by atoms with van der Waals surface area (Å²) in [4.78, 5) is 32.5. The minimum Gasteiger partial charge on any atom is -0.458 e. The summed E-state index contributed by atoms with van der Waals surface area (Å²) >= 11 is 7.86. The van der Waals surface area contributed by atoms with Gasteiger partial charge in [-0.2, -0.15) is 0 Å². The van der Waals surface area contributed by atoms with Crippen molar-refractivity contribution in [3.05, 3.63) is 122 Å². The zero-order valence-corrected chi connectivity index (χ0v) is 26.7. The lowest BCUT2D eigenvalue weighted by Gasteiger charge is -2.17. The molecule has 3 heterocycles. The van der Waals surface area contributed by atoms with E-state index >= 15 is 0 Å². The second kappa shape index (κ2) is 12.3. The standard InChI is InChI=1S/C34H31ClN6O3S/c1-18-20(3)45-34-30(18)31(23-13-15-25(35)16-14-23)37-28(32-40-39-21(4)41(32)34)17-29(42)44-19(2)22-9-11-24(12-10-22)33(43)38-27-8-6-5-7-26(27)36/h5-16,19,28H,17,36H2,1-4H3,(H,38,43)/t19-,28+/m0/s1. The summed E-state index contributed by atoms with van der Waals surface area (Å²) in [5.74, 6) is 0.576. The minimum atomic E-state index is -0.632. The van der Waals surface area contributed by atoms with Crippen LogP contribution in [0.3, 0.4) is 0 Å². The van der Waals surface area contributed by atoms with Gasteiger partial charge in [-0.05, 0) is 75.2 Å². The molecule has 0 fully saturated rings. The molecule has 5 aromatic rings. The zero-order chi connectivity index (χ0) is 31.8. The fourth-order valence-corrected chi connectivity index (χ4v) is 6.65. The number of nitrogens with zero attached hydrogens (tertiary/aromatic N) is 4. The summed E-state index contributed by atoms with van der Waals surface area (Å²) in [7, 11) is 0. The maximum atomic E-state index is 13.4. The van der Waals surface area contributed by atoms with Crippen molar-refractivity contribution >= 4 is 51.9 Å². The normalized spacial score (nSPS) is 14.5. The number of nitrogen functional groups attached to an aromatic ring is 1. The summed E-state index contributed by atoms with van der Waals surface area (Å²) < 4.78 is 7.87. The monoisotopic (exact) mass is 638 g/mol. The molecule has 1 aliphatic heterocycles. The van der Waals surface area contributed by atoms with Gasteiger partial charge in [-0.15, -0.1) is 21.5 Å². The number of hydrogen-bond donors (Lipinski definition) is 2. The third-order valence-corrected chi connectivity index (χ3v) is 9.32. The second-order valence-corrected chi connectivity index (χ2v) is 12.5. The smallest absolute Gasteiger partial charge is 0.309 e. The van der Waals surface area contributed by atoms with E-state index in [-0.39, 0.29) is 12.3 Å². The van der Waals surface area contributed by atoms with E-state index in [0.717, 1.165) is 33.0 Å². The van der Waals surface area contributed by atoms with Gasteiger partial charge < -0.3 is 15.8 Å². The molecule has 2 atom stereocenters. The summed E-state index contributed by atoms with van der Waals surface area (Å²) in [6.07, 6.45) is -0.595. The average molecular weight is 639 g/mol. The topological polar surface area (TPSA) is 124 Å². The highest BCUT2D eigenvalue weighted by molar-refractivity contribution is 7.15. The molecular weight excluding hydrogens is 608 g/mol. The number of nitrogens with two attached hydrogens (primary N) is 1. The Morgan fingerprint density at radius 2 is 1.73 bits per heavy atom. The largest absolute Gasteiger partial charge is 0.458 e. The number of aliphatic imine (C=N–C) groups is 1. The number of fused-ring (bicyclic) bond motifs is 3. The number of aromatic nitrogens is 3. The van der Waals surface area contributed by atoms with Gasteiger partial charge in [0.1, 0.15) is 23.0 Å². The molecule has 45 heavy (non-hydrogen) atoms. The van der Waals surface area contributed by atoms with Gasteiger partial charge in [0.05, 0.1) is 23.5 Å². The molecular formula is C34H31ClN6O3S. The van der Waals surface area contributed by atoms with Crippen LogP contribution in [0.4, 0.5) is 11.4 Å². The zero-order valence-electron chi connectivity index (χ0n) is 25.2. The van der Waals surface area contributed by atoms with Gasteiger partial charge in [-0.25, -0.2) is 0 Å². The highest BCUT2D eigenvalue weighted by atomic mass is 35.5. The summed E-state index contributed by atoms with van der Waals surface area (Å²) in [6.45, 7) is 7.86. The first kappa shape index (κ1) is 30.2. The molecule has 3 aromatic carbocycles. The van der Waals surface area contributed by atoms with E-state index in [2.05, 4.69) is 29.4 Å². The lowest BCUT2D eigenvalue weighted by atomic mass is 9.99. The molecule has 3 N–H and O–H groups in total. The van der Waals surface area contributed by atoms with Crippen molar-refractivity contribution in [2.75, 3.05) is 11.1 Å². The van der Waals surface area contributed by atoms with Crippen LogP contribution in [0.15, 0.2) is 77.8 Å². The number of ether oxygens (including phenoxy) is 1. The molecule has 0 unspecified atom stereocenters. The predicted octanol–water partition coefficient (Wildman–Crippen LogP) is 7.33. The van der Waals surface area contributed by atoms with Gasteiger partial charge in [-0.3, -0.25) is 19.1 Å². The number of amides is 1. The molecule has 228 valence electrons. The Bertz CT molecular complexity index is 1950. The van der Waals surface area contributed by atoms with E-state index in [1.807, 2.05) is 35.8 Å². The summed E-state index contributed by atoms with van der Waals surface area (Å²) in [5, 5.41) is 13.2. The molecule has 1 aliphatic rings. The molecule has 0 radical (unpaired) electrons. The second-order valence-electron chi connectivity index (χ2n) is 10.9. The number of anilines is 2. The first-order valence-corrected chi connectivity index (χ1v) is 15.6. The highest BCUT2D eigenvalue weighted by Crippen LogP contribution is 2.40. The number of aryl methyl sites for hydroxylation is 2. The van der Waals surface area contributed by atoms with Gasteiger partial charge in [0.25, 0.3) is 5.91 Å². The van der Waals surface area contributed by atoms with Gasteiger partial charge in [0.2, 0.25) is 0 Å². The van der Waals surface area contributed by atoms with E-state index in [1.54, 1.807) is 66.8 Å².